The molecule has 2 rings (SSSR count). The first-order valence-electron chi connectivity index (χ1n) is 7.09. The van der Waals surface area contributed by atoms with Gasteiger partial charge in [0.2, 0.25) is 0 Å². The van der Waals surface area contributed by atoms with Crippen molar-refractivity contribution >= 4 is 0 Å². The van der Waals surface area contributed by atoms with Crippen molar-refractivity contribution in [2.75, 3.05) is 13.1 Å². The van der Waals surface area contributed by atoms with Gasteiger partial charge in [0.05, 0.1) is 6.54 Å². The van der Waals surface area contributed by atoms with Gasteiger partial charge in [-0.05, 0) is 50.9 Å². The third-order valence-corrected chi connectivity index (χ3v) is 5.05. The topological polar surface area (TPSA) is 38.0 Å². The summed E-state index contributed by atoms with van der Waals surface area (Å²) in [6.45, 7) is 3.44. The first-order valence-corrected chi connectivity index (χ1v) is 7.09. The Kier molecular flexibility index (Phi) is 4.12. The molecular formula is C15H26N2. The van der Waals surface area contributed by atoms with Crippen LogP contribution in [0.5, 0.6) is 0 Å². The quantitative estimate of drug-likeness (QED) is 0.736. The van der Waals surface area contributed by atoms with Gasteiger partial charge in [-0.3, -0.25) is 5.32 Å². The van der Waals surface area contributed by atoms with E-state index in [1.807, 2.05) is 6.92 Å². The molecule has 96 valence electrons. The standard InChI is InChI=1S/C15H26N2/c1-2-3-12-17-15(13-16)10-8-14(9-11-15)6-4-5-7-14/h17H,4-13,16H2,1H3. The summed E-state index contributed by atoms with van der Waals surface area (Å²) in [4.78, 5) is 0. The zero-order valence-corrected chi connectivity index (χ0v) is 11.1. The molecule has 0 aromatic rings. The molecule has 2 aliphatic carbocycles. The summed E-state index contributed by atoms with van der Waals surface area (Å²) in [5.41, 5.74) is 6.87. The molecule has 0 radical (unpaired) electrons. The summed E-state index contributed by atoms with van der Waals surface area (Å²) in [5, 5.41) is 3.59. The largest absolute Gasteiger partial charge is 0.329 e. The van der Waals surface area contributed by atoms with E-state index < -0.39 is 0 Å². The van der Waals surface area contributed by atoms with Gasteiger partial charge < -0.3 is 5.73 Å². The van der Waals surface area contributed by atoms with E-state index in [1.165, 1.54) is 51.4 Å². The van der Waals surface area contributed by atoms with Gasteiger partial charge in [-0.25, -0.2) is 0 Å². The van der Waals surface area contributed by atoms with Gasteiger partial charge in [0.1, 0.15) is 0 Å². The van der Waals surface area contributed by atoms with Crippen molar-refractivity contribution in [3.8, 4) is 11.8 Å². The van der Waals surface area contributed by atoms with Gasteiger partial charge in [-0.1, -0.05) is 18.8 Å². The van der Waals surface area contributed by atoms with Crippen LogP contribution in [0.1, 0.15) is 58.3 Å². The SMILES string of the molecule is CC#CCNC1(CN)CCC2(CCCC2)CC1. The van der Waals surface area contributed by atoms with Crippen LogP contribution in [0.4, 0.5) is 0 Å². The average Bonchev–Trinajstić information content (AvgIpc) is 2.82. The van der Waals surface area contributed by atoms with Crippen molar-refractivity contribution in [3.05, 3.63) is 0 Å². The molecular weight excluding hydrogens is 208 g/mol. The lowest BCUT2D eigenvalue weighted by Gasteiger charge is -2.45. The minimum Gasteiger partial charge on any atom is -0.329 e. The second-order valence-electron chi connectivity index (χ2n) is 5.97. The van der Waals surface area contributed by atoms with Crippen molar-refractivity contribution in [2.45, 2.75) is 63.8 Å². The molecule has 0 atom stereocenters. The average molecular weight is 234 g/mol. The van der Waals surface area contributed by atoms with E-state index >= 15 is 0 Å². The zero-order valence-electron chi connectivity index (χ0n) is 11.1. The second-order valence-corrected chi connectivity index (χ2v) is 5.97. The summed E-state index contributed by atoms with van der Waals surface area (Å²) in [7, 11) is 0. The van der Waals surface area contributed by atoms with Crippen LogP contribution in [0, 0.1) is 17.3 Å². The highest BCUT2D eigenvalue weighted by atomic mass is 15.0. The van der Waals surface area contributed by atoms with E-state index in [0.717, 1.165) is 13.1 Å². The Labute approximate surface area is 106 Å². The maximum atomic E-state index is 6.00. The molecule has 17 heavy (non-hydrogen) atoms. The lowest BCUT2D eigenvalue weighted by atomic mass is 9.66. The molecule has 2 fully saturated rings. The molecule has 0 amide bonds. The number of nitrogens with two attached hydrogens (primary N) is 1. The fourth-order valence-corrected chi connectivity index (χ4v) is 3.66. The normalized spacial score (nSPS) is 25.5. The fraction of sp³-hybridized carbons (Fsp3) is 0.867. The summed E-state index contributed by atoms with van der Waals surface area (Å²) >= 11 is 0. The number of hydrogen-bond acceptors (Lipinski definition) is 2. The molecule has 0 aliphatic heterocycles. The van der Waals surface area contributed by atoms with E-state index in [9.17, 15) is 0 Å². The predicted octanol–water partition coefficient (Wildman–Crippen LogP) is 2.43. The van der Waals surface area contributed by atoms with Crippen molar-refractivity contribution < 1.29 is 0 Å². The fourth-order valence-electron chi connectivity index (χ4n) is 3.66. The summed E-state index contributed by atoms with van der Waals surface area (Å²) in [6.07, 6.45) is 11.1. The van der Waals surface area contributed by atoms with Gasteiger partial charge in [-0.15, -0.1) is 5.92 Å². The molecule has 0 aromatic heterocycles. The highest BCUT2D eigenvalue weighted by Crippen LogP contribution is 2.50. The van der Waals surface area contributed by atoms with Gasteiger partial charge in [0.25, 0.3) is 0 Å². The van der Waals surface area contributed by atoms with Crippen molar-refractivity contribution in [3.63, 3.8) is 0 Å². The third-order valence-electron chi connectivity index (χ3n) is 5.05. The molecule has 0 bridgehead atoms. The summed E-state index contributed by atoms with van der Waals surface area (Å²) in [5.74, 6) is 6.04. The Hall–Kier alpha value is -0.520. The van der Waals surface area contributed by atoms with Crippen LogP contribution in [0.2, 0.25) is 0 Å². The minimum absolute atomic E-state index is 0.178. The van der Waals surface area contributed by atoms with Crippen molar-refractivity contribution in [1.29, 1.82) is 0 Å². The molecule has 1 spiro atoms. The maximum Gasteiger partial charge on any atom is 0.0581 e. The number of nitrogens with one attached hydrogen (secondary N) is 1. The van der Waals surface area contributed by atoms with Crippen LogP contribution >= 0.6 is 0 Å². The molecule has 2 nitrogen and oxygen atoms in total. The van der Waals surface area contributed by atoms with E-state index in [1.54, 1.807) is 0 Å². The van der Waals surface area contributed by atoms with E-state index in [0.29, 0.717) is 5.41 Å². The van der Waals surface area contributed by atoms with Crippen LogP contribution in [-0.4, -0.2) is 18.6 Å². The van der Waals surface area contributed by atoms with Crippen LogP contribution in [0.15, 0.2) is 0 Å². The maximum absolute atomic E-state index is 6.00. The lowest BCUT2D eigenvalue weighted by Crippen LogP contribution is -2.54. The molecule has 0 heterocycles. The van der Waals surface area contributed by atoms with Gasteiger partial charge >= 0.3 is 0 Å². The molecule has 2 aliphatic rings. The molecule has 3 N–H and O–H groups in total. The smallest absolute Gasteiger partial charge is 0.0581 e. The molecule has 0 unspecified atom stereocenters. The second kappa shape index (κ2) is 5.42. The molecule has 2 heteroatoms. The van der Waals surface area contributed by atoms with E-state index in [-0.39, 0.29) is 5.54 Å². The molecule has 0 saturated heterocycles. The first-order chi connectivity index (χ1) is 8.24. The van der Waals surface area contributed by atoms with E-state index in [2.05, 4.69) is 17.2 Å². The van der Waals surface area contributed by atoms with Crippen LogP contribution in [0.25, 0.3) is 0 Å². The van der Waals surface area contributed by atoms with Gasteiger partial charge in [-0.2, -0.15) is 0 Å². The Balaban J connectivity index is 1.90. The highest BCUT2D eigenvalue weighted by molar-refractivity contribution is 5.04. The Bertz CT molecular complexity index is 295. The Morgan fingerprint density at radius 3 is 2.24 bits per heavy atom. The molecule has 2 saturated carbocycles. The highest BCUT2D eigenvalue weighted by Gasteiger charge is 2.42. The van der Waals surface area contributed by atoms with Gasteiger partial charge in [0.15, 0.2) is 0 Å². The monoisotopic (exact) mass is 234 g/mol. The van der Waals surface area contributed by atoms with E-state index in [4.69, 9.17) is 5.73 Å². The summed E-state index contributed by atoms with van der Waals surface area (Å²) < 4.78 is 0. The van der Waals surface area contributed by atoms with Crippen molar-refractivity contribution in [1.82, 2.24) is 5.32 Å². The zero-order chi connectivity index (χ0) is 12.2. The molecule has 0 aromatic carbocycles. The Morgan fingerprint density at radius 1 is 1.06 bits per heavy atom. The van der Waals surface area contributed by atoms with Crippen LogP contribution < -0.4 is 11.1 Å². The number of rotatable bonds is 3. The predicted molar refractivity (Wildman–Crippen MR) is 72.6 cm³/mol. The van der Waals surface area contributed by atoms with Crippen LogP contribution in [0.3, 0.4) is 0 Å². The number of hydrogen-bond donors (Lipinski definition) is 2. The lowest BCUT2D eigenvalue weighted by molar-refractivity contribution is 0.117. The summed E-state index contributed by atoms with van der Waals surface area (Å²) in [6, 6.07) is 0. The Morgan fingerprint density at radius 2 is 1.71 bits per heavy atom. The van der Waals surface area contributed by atoms with Crippen LogP contribution in [-0.2, 0) is 0 Å². The first kappa shape index (κ1) is 12.9. The van der Waals surface area contributed by atoms with Gasteiger partial charge in [0, 0.05) is 12.1 Å². The minimum atomic E-state index is 0.178. The third kappa shape index (κ3) is 2.84. The van der Waals surface area contributed by atoms with Crippen molar-refractivity contribution in [2.24, 2.45) is 11.1 Å².